The van der Waals surface area contributed by atoms with Crippen LogP contribution in [0.2, 0.25) is 0 Å². The van der Waals surface area contributed by atoms with Gasteiger partial charge in [-0.2, -0.15) is 0 Å². The summed E-state index contributed by atoms with van der Waals surface area (Å²) in [4.78, 5) is 0. The maximum absolute atomic E-state index is 5.29. The SMILES string of the molecule is COc1ccc(C(c2ccc(C)cc2)[N+]2=C(C)SCC2)cc1.[Br-]. The maximum atomic E-state index is 5.29. The minimum Gasteiger partial charge on any atom is -1.00 e. The predicted octanol–water partition coefficient (Wildman–Crippen LogP) is 1.27. The molecule has 1 unspecified atom stereocenters. The summed E-state index contributed by atoms with van der Waals surface area (Å²) in [7, 11) is 1.71. The fourth-order valence-corrected chi connectivity index (χ4v) is 3.88. The number of rotatable bonds is 4. The number of aryl methyl sites for hydroxylation is 1. The highest BCUT2D eigenvalue weighted by atomic mass is 79.9. The van der Waals surface area contributed by atoms with Gasteiger partial charge in [-0.15, -0.1) is 0 Å². The van der Waals surface area contributed by atoms with Crippen LogP contribution in [-0.4, -0.2) is 29.0 Å². The van der Waals surface area contributed by atoms with Crippen LogP contribution < -0.4 is 21.7 Å². The number of benzene rings is 2. The summed E-state index contributed by atoms with van der Waals surface area (Å²) in [5.74, 6) is 2.08. The van der Waals surface area contributed by atoms with E-state index in [-0.39, 0.29) is 23.0 Å². The van der Waals surface area contributed by atoms with Crippen molar-refractivity contribution in [1.82, 2.24) is 0 Å². The molecule has 0 saturated carbocycles. The van der Waals surface area contributed by atoms with Gasteiger partial charge >= 0.3 is 0 Å². The van der Waals surface area contributed by atoms with Crippen molar-refractivity contribution in [1.29, 1.82) is 0 Å². The highest BCUT2D eigenvalue weighted by Gasteiger charge is 2.31. The van der Waals surface area contributed by atoms with Crippen LogP contribution in [-0.2, 0) is 0 Å². The fourth-order valence-electron chi connectivity index (χ4n) is 2.93. The van der Waals surface area contributed by atoms with Crippen molar-refractivity contribution in [2.75, 3.05) is 19.4 Å². The lowest BCUT2D eigenvalue weighted by Crippen LogP contribution is -3.00. The zero-order valence-corrected chi connectivity index (χ0v) is 16.2. The third kappa shape index (κ3) is 3.99. The minimum atomic E-state index is 0. The van der Waals surface area contributed by atoms with E-state index in [1.54, 1.807) is 7.11 Å². The zero-order valence-electron chi connectivity index (χ0n) is 13.8. The van der Waals surface area contributed by atoms with Crippen LogP contribution in [0.1, 0.15) is 29.7 Å². The van der Waals surface area contributed by atoms with E-state index in [4.69, 9.17) is 4.74 Å². The first-order valence-electron chi connectivity index (χ1n) is 7.62. The van der Waals surface area contributed by atoms with Gasteiger partial charge in [0.15, 0.2) is 6.54 Å². The first-order valence-corrected chi connectivity index (χ1v) is 8.61. The average Bonchev–Trinajstić information content (AvgIpc) is 2.96. The number of halogens is 1. The van der Waals surface area contributed by atoms with E-state index in [1.807, 2.05) is 11.8 Å². The molecule has 1 aliphatic heterocycles. The number of hydrogen-bond acceptors (Lipinski definition) is 2. The monoisotopic (exact) mass is 391 g/mol. The topological polar surface area (TPSA) is 12.2 Å². The van der Waals surface area contributed by atoms with Gasteiger partial charge in [-0.05, 0) is 31.2 Å². The van der Waals surface area contributed by atoms with Crippen molar-refractivity contribution >= 4 is 16.8 Å². The number of nitrogens with zero attached hydrogens (tertiary/aromatic N) is 1. The standard InChI is InChI=1S/C19H22NOS.BrH/c1-14-4-6-16(7-5-14)19(20-12-13-22-15(20)2)17-8-10-18(21-3)11-9-17;/h4-11,19H,12-13H2,1-3H3;1H/q+1;/p-1. The molecule has 122 valence electrons. The molecule has 0 saturated heterocycles. The van der Waals surface area contributed by atoms with E-state index in [1.165, 1.54) is 27.5 Å². The molecule has 0 fully saturated rings. The molecule has 1 heterocycles. The molecule has 1 aliphatic rings. The Kier molecular flexibility index (Phi) is 6.31. The molecule has 23 heavy (non-hydrogen) atoms. The van der Waals surface area contributed by atoms with Crippen molar-refractivity contribution in [3.63, 3.8) is 0 Å². The van der Waals surface area contributed by atoms with E-state index in [9.17, 15) is 0 Å². The second-order valence-corrected chi connectivity index (χ2v) is 6.93. The highest BCUT2D eigenvalue weighted by Crippen LogP contribution is 2.31. The molecule has 2 aromatic rings. The Morgan fingerprint density at radius 1 is 0.957 bits per heavy atom. The van der Waals surface area contributed by atoms with Gasteiger partial charge in [0.1, 0.15) is 5.75 Å². The Morgan fingerprint density at radius 2 is 1.52 bits per heavy atom. The summed E-state index contributed by atoms with van der Waals surface area (Å²) < 4.78 is 7.81. The molecule has 2 aromatic carbocycles. The molecule has 0 aromatic heterocycles. The summed E-state index contributed by atoms with van der Waals surface area (Å²) in [6.07, 6.45) is 0. The van der Waals surface area contributed by atoms with Gasteiger partial charge in [0.05, 0.1) is 12.9 Å². The summed E-state index contributed by atoms with van der Waals surface area (Å²) in [5, 5.41) is 1.40. The normalized spacial score (nSPS) is 15.3. The summed E-state index contributed by atoms with van der Waals surface area (Å²) >= 11 is 1.95. The summed E-state index contributed by atoms with van der Waals surface area (Å²) in [6.45, 7) is 5.46. The van der Waals surface area contributed by atoms with Gasteiger partial charge in [0, 0.05) is 18.1 Å². The lowest BCUT2D eigenvalue weighted by atomic mass is 9.97. The van der Waals surface area contributed by atoms with Gasteiger partial charge < -0.3 is 21.7 Å². The van der Waals surface area contributed by atoms with E-state index in [0.717, 1.165) is 12.3 Å². The quantitative estimate of drug-likeness (QED) is 0.727. The largest absolute Gasteiger partial charge is 1.00 e. The van der Waals surface area contributed by atoms with Crippen LogP contribution in [0.15, 0.2) is 48.5 Å². The number of hydrogen-bond donors (Lipinski definition) is 0. The average molecular weight is 392 g/mol. The highest BCUT2D eigenvalue weighted by molar-refractivity contribution is 8.13. The Balaban J connectivity index is 0.00000192. The van der Waals surface area contributed by atoms with E-state index < -0.39 is 0 Å². The van der Waals surface area contributed by atoms with Crippen molar-refractivity contribution in [2.45, 2.75) is 19.9 Å². The minimum absolute atomic E-state index is 0. The molecule has 2 nitrogen and oxygen atoms in total. The van der Waals surface area contributed by atoms with Crippen molar-refractivity contribution in [3.05, 3.63) is 65.2 Å². The van der Waals surface area contributed by atoms with Crippen LogP contribution in [0.4, 0.5) is 0 Å². The summed E-state index contributed by atoms with van der Waals surface area (Å²) in [5.41, 5.74) is 3.96. The second kappa shape index (κ2) is 8.02. The van der Waals surface area contributed by atoms with E-state index in [2.05, 4.69) is 67.0 Å². The van der Waals surface area contributed by atoms with E-state index in [0.29, 0.717) is 0 Å². The van der Waals surface area contributed by atoms with Crippen molar-refractivity contribution in [3.8, 4) is 5.75 Å². The Labute approximate surface area is 153 Å². The molecule has 1 atom stereocenters. The van der Waals surface area contributed by atoms with Crippen LogP contribution >= 0.6 is 11.8 Å². The Bertz CT molecular complexity index is 680. The molecule has 0 N–H and O–H groups in total. The molecule has 0 amide bonds. The first-order chi connectivity index (χ1) is 10.7. The Morgan fingerprint density at radius 3 is 2.00 bits per heavy atom. The van der Waals surface area contributed by atoms with Crippen LogP contribution in [0, 0.1) is 6.92 Å². The molecule has 0 radical (unpaired) electrons. The smallest absolute Gasteiger partial charge is 0.208 e. The van der Waals surface area contributed by atoms with Gasteiger partial charge in [-0.3, -0.25) is 0 Å². The zero-order chi connectivity index (χ0) is 15.5. The second-order valence-electron chi connectivity index (χ2n) is 5.65. The Hall–Kier alpha value is -1.26. The first kappa shape index (κ1) is 18.1. The molecule has 3 rings (SSSR count). The van der Waals surface area contributed by atoms with Crippen molar-refractivity contribution < 1.29 is 26.3 Å². The number of ether oxygens (including phenoxy) is 1. The van der Waals surface area contributed by atoms with E-state index >= 15 is 0 Å². The third-order valence-corrected chi connectivity index (χ3v) is 5.22. The molecule has 0 bridgehead atoms. The van der Waals surface area contributed by atoms with Crippen molar-refractivity contribution in [2.24, 2.45) is 0 Å². The molecule has 0 spiro atoms. The van der Waals surface area contributed by atoms with Crippen LogP contribution in [0.5, 0.6) is 5.75 Å². The van der Waals surface area contributed by atoms with Crippen LogP contribution in [0.25, 0.3) is 0 Å². The van der Waals surface area contributed by atoms with Gasteiger partial charge in [-0.1, -0.05) is 41.6 Å². The lowest BCUT2D eigenvalue weighted by molar-refractivity contribution is -0.553. The molecular formula is C19H22BrNOS. The van der Waals surface area contributed by atoms with Gasteiger partial charge in [0.2, 0.25) is 11.1 Å². The third-order valence-electron chi connectivity index (χ3n) is 4.18. The summed E-state index contributed by atoms with van der Waals surface area (Å²) in [6, 6.07) is 17.6. The fraction of sp³-hybridized carbons (Fsp3) is 0.316. The molecule has 0 aliphatic carbocycles. The lowest BCUT2D eigenvalue weighted by Gasteiger charge is -2.16. The number of methoxy groups -OCH3 is 1. The maximum Gasteiger partial charge on any atom is 0.208 e. The van der Waals surface area contributed by atoms with Gasteiger partial charge in [-0.25, -0.2) is 4.58 Å². The van der Waals surface area contributed by atoms with Crippen LogP contribution in [0.3, 0.4) is 0 Å². The predicted molar refractivity (Wildman–Crippen MR) is 94.3 cm³/mol. The molecular weight excluding hydrogens is 370 g/mol. The molecule has 4 heteroatoms. The van der Waals surface area contributed by atoms with Gasteiger partial charge in [0.25, 0.3) is 0 Å². The number of thioether (sulfide) groups is 1.